The van der Waals surface area contributed by atoms with Crippen molar-refractivity contribution < 1.29 is 9.21 Å². The molecule has 0 aliphatic heterocycles. The minimum atomic E-state index is -0.218. The van der Waals surface area contributed by atoms with Crippen LogP contribution in [0.4, 0.5) is 5.82 Å². The van der Waals surface area contributed by atoms with Gasteiger partial charge in [0.1, 0.15) is 12.1 Å². The number of rotatable bonds is 5. The van der Waals surface area contributed by atoms with E-state index in [0.717, 1.165) is 11.1 Å². The molecule has 1 aromatic carbocycles. The van der Waals surface area contributed by atoms with Gasteiger partial charge < -0.3 is 15.5 Å². The maximum absolute atomic E-state index is 12.2. The van der Waals surface area contributed by atoms with Crippen LogP contribution in [-0.4, -0.2) is 20.7 Å². The van der Waals surface area contributed by atoms with E-state index in [4.69, 9.17) is 21.8 Å². The maximum atomic E-state index is 12.2. The predicted molar refractivity (Wildman–Crippen MR) is 90.4 cm³/mol. The van der Waals surface area contributed by atoms with E-state index in [2.05, 4.69) is 15.4 Å². The molecular formula is C16H16ClN5O2. The predicted octanol–water partition coefficient (Wildman–Crippen LogP) is 2.37. The number of nitrogens with one attached hydrogen (secondary N) is 1. The lowest BCUT2D eigenvalue weighted by molar-refractivity contribution is -0.115. The van der Waals surface area contributed by atoms with Crippen molar-refractivity contribution in [1.29, 1.82) is 0 Å². The lowest BCUT2D eigenvalue weighted by Crippen LogP contribution is -2.18. The van der Waals surface area contributed by atoms with Crippen LogP contribution >= 0.6 is 11.6 Å². The molecule has 7 nitrogen and oxygen atoms in total. The first kappa shape index (κ1) is 16.2. The van der Waals surface area contributed by atoms with E-state index in [1.165, 1.54) is 6.26 Å². The van der Waals surface area contributed by atoms with Gasteiger partial charge in [-0.3, -0.25) is 9.48 Å². The Morgan fingerprint density at radius 1 is 1.38 bits per heavy atom. The molecule has 0 spiro atoms. The van der Waals surface area contributed by atoms with Crippen LogP contribution in [0.1, 0.15) is 11.3 Å². The van der Waals surface area contributed by atoms with Crippen molar-refractivity contribution in [2.75, 3.05) is 5.32 Å². The van der Waals surface area contributed by atoms with Crippen LogP contribution in [0.15, 0.2) is 41.1 Å². The van der Waals surface area contributed by atoms with E-state index in [9.17, 15) is 4.79 Å². The van der Waals surface area contributed by atoms with Gasteiger partial charge in [-0.1, -0.05) is 11.6 Å². The summed E-state index contributed by atoms with van der Waals surface area (Å²) < 4.78 is 6.99. The van der Waals surface area contributed by atoms with Gasteiger partial charge in [0.15, 0.2) is 0 Å². The standard InChI is InChI=1S/C16H16ClN5O2/c1-22-15(11(7-18)8-19-22)21-14(23)6-13-9-24-16(20-13)10-2-4-12(17)5-3-10/h2-5,8-9H,6-7,18H2,1H3,(H,21,23). The molecule has 0 fully saturated rings. The zero-order chi connectivity index (χ0) is 17.1. The van der Waals surface area contributed by atoms with Crippen molar-refractivity contribution in [3.63, 3.8) is 0 Å². The second-order valence-electron chi connectivity index (χ2n) is 5.22. The normalized spacial score (nSPS) is 10.8. The quantitative estimate of drug-likeness (QED) is 0.739. The van der Waals surface area contributed by atoms with Crippen LogP contribution in [0.5, 0.6) is 0 Å². The van der Waals surface area contributed by atoms with E-state index in [1.807, 2.05) is 0 Å². The largest absolute Gasteiger partial charge is 0.444 e. The van der Waals surface area contributed by atoms with Crippen molar-refractivity contribution in [3.05, 3.63) is 53.0 Å². The maximum Gasteiger partial charge on any atom is 0.231 e. The molecule has 3 N–H and O–H groups in total. The third kappa shape index (κ3) is 3.47. The number of anilines is 1. The van der Waals surface area contributed by atoms with Crippen molar-refractivity contribution >= 4 is 23.3 Å². The second kappa shape index (κ2) is 6.86. The summed E-state index contributed by atoms with van der Waals surface area (Å²) in [5, 5.41) is 7.51. The summed E-state index contributed by atoms with van der Waals surface area (Å²) in [5.74, 6) is 0.811. The first-order valence-electron chi connectivity index (χ1n) is 7.28. The number of halogens is 1. The van der Waals surface area contributed by atoms with E-state index < -0.39 is 0 Å². The summed E-state index contributed by atoms with van der Waals surface area (Å²) in [4.78, 5) is 16.5. The number of carbonyl (C=O) groups excluding carboxylic acids is 1. The Morgan fingerprint density at radius 2 is 2.12 bits per heavy atom. The summed E-state index contributed by atoms with van der Waals surface area (Å²) >= 11 is 5.86. The van der Waals surface area contributed by atoms with Crippen LogP contribution in [-0.2, 0) is 24.8 Å². The minimum Gasteiger partial charge on any atom is -0.444 e. The molecule has 0 saturated heterocycles. The Bertz CT molecular complexity index is 854. The lowest BCUT2D eigenvalue weighted by atomic mass is 10.2. The van der Waals surface area contributed by atoms with Gasteiger partial charge in [0.25, 0.3) is 0 Å². The van der Waals surface area contributed by atoms with Gasteiger partial charge in [-0.2, -0.15) is 5.10 Å². The zero-order valence-electron chi connectivity index (χ0n) is 13.0. The first-order chi connectivity index (χ1) is 11.6. The number of aryl methyl sites for hydroxylation is 1. The summed E-state index contributed by atoms with van der Waals surface area (Å²) in [7, 11) is 1.74. The van der Waals surface area contributed by atoms with Crippen LogP contribution in [0.3, 0.4) is 0 Å². The number of nitrogens with two attached hydrogens (primary N) is 1. The van der Waals surface area contributed by atoms with Crippen LogP contribution < -0.4 is 11.1 Å². The molecule has 24 heavy (non-hydrogen) atoms. The number of amides is 1. The Labute approximate surface area is 143 Å². The molecule has 1 amide bonds. The van der Waals surface area contributed by atoms with Gasteiger partial charge in [-0.15, -0.1) is 0 Å². The molecule has 2 aromatic heterocycles. The van der Waals surface area contributed by atoms with Crippen LogP contribution in [0.25, 0.3) is 11.5 Å². The van der Waals surface area contributed by atoms with E-state index in [1.54, 1.807) is 42.2 Å². The zero-order valence-corrected chi connectivity index (χ0v) is 13.7. The fraction of sp³-hybridized carbons (Fsp3) is 0.188. The molecular weight excluding hydrogens is 330 g/mol. The van der Waals surface area contributed by atoms with E-state index in [-0.39, 0.29) is 12.3 Å². The molecule has 2 heterocycles. The Balaban J connectivity index is 1.69. The molecule has 0 aliphatic rings. The summed E-state index contributed by atoms with van der Waals surface area (Å²) in [6.07, 6.45) is 3.19. The molecule has 0 atom stereocenters. The van der Waals surface area contributed by atoms with Crippen molar-refractivity contribution in [2.45, 2.75) is 13.0 Å². The number of carbonyl (C=O) groups is 1. The van der Waals surface area contributed by atoms with Crippen molar-refractivity contribution in [2.24, 2.45) is 12.8 Å². The summed E-state index contributed by atoms with van der Waals surface area (Å²) in [6.45, 7) is 0.300. The molecule has 0 unspecified atom stereocenters. The minimum absolute atomic E-state index is 0.0896. The van der Waals surface area contributed by atoms with Gasteiger partial charge >= 0.3 is 0 Å². The molecule has 124 valence electrons. The average Bonchev–Trinajstić information content (AvgIpc) is 3.16. The number of hydrogen-bond acceptors (Lipinski definition) is 5. The molecule has 3 rings (SSSR count). The number of hydrogen-bond donors (Lipinski definition) is 2. The molecule has 0 radical (unpaired) electrons. The number of aromatic nitrogens is 3. The topological polar surface area (TPSA) is 99.0 Å². The molecule has 0 saturated carbocycles. The van der Waals surface area contributed by atoms with Crippen molar-refractivity contribution in [1.82, 2.24) is 14.8 Å². The van der Waals surface area contributed by atoms with Crippen LogP contribution in [0, 0.1) is 0 Å². The molecule has 0 bridgehead atoms. The van der Waals surface area contributed by atoms with Gasteiger partial charge in [-0.25, -0.2) is 4.98 Å². The Kier molecular flexibility index (Phi) is 4.64. The van der Waals surface area contributed by atoms with Gasteiger partial charge in [0.2, 0.25) is 11.8 Å². The summed E-state index contributed by atoms with van der Waals surface area (Å²) in [6, 6.07) is 7.12. The summed E-state index contributed by atoms with van der Waals surface area (Å²) in [5.41, 5.74) is 7.73. The highest BCUT2D eigenvalue weighted by Gasteiger charge is 2.14. The smallest absolute Gasteiger partial charge is 0.231 e. The first-order valence-corrected chi connectivity index (χ1v) is 7.65. The third-order valence-corrected chi connectivity index (χ3v) is 3.73. The molecule has 3 aromatic rings. The van der Waals surface area contributed by atoms with Gasteiger partial charge in [-0.05, 0) is 24.3 Å². The van der Waals surface area contributed by atoms with Gasteiger partial charge in [0.05, 0.1) is 18.3 Å². The third-order valence-electron chi connectivity index (χ3n) is 3.48. The van der Waals surface area contributed by atoms with Gasteiger partial charge in [0, 0.05) is 29.7 Å². The second-order valence-corrected chi connectivity index (χ2v) is 5.66. The molecule has 8 heteroatoms. The highest BCUT2D eigenvalue weighted by atomic mass is 35.5. The fourth-order valence-corrected chi connectivity index (χ4v) is 2.37. The van der Waals surface area contributed by atoms with Crippen LogP contribution in [0.2, 0.25) is 5.02 Å². The lowest BCUT2D eigenvalue weighted by Gasteiger charge is -2.06. The molecule has 0 aliphatic carbocycles. The highest BCUT2D eigenvalue weighted by molar-refractivity contribution is 6.30. The van der Waals surface area contributed by atoms with Crippen molar-refractivity contribution in [3.8, 4) is 11.5 Å². The van der Waals surface area contributed by atoms with E-state index >= 15 is 0 Å². The SMILES string of the molecule is Cn1ncc(CN)c1NC(=O)Cc1coc(-c2ccc(Cl)cc2)n1. The number of benzene rings is 1. The number of oxazole rings is 1. The highest BCUT2D eigenvalue weighted by Crippen LogP contribution is 2.21. The Hall–Kier alpha value is -2.64. The number of nitrogens with zero attached hydrogens (tertiary/aromatic N) is 3. The van der Waals surface area contributed by atoms with E-state index in [0.29, 0.717) is 29.0 Å². The monoisotopic (exact) mass is 345 g/mol. The average molecular weight is 346 g/mol. The Morgan fingerprint density at radius 3 is 2.83 bits per heavy atom. The fourth-order valence-electron chi connectivity index (χ4n) is 2.25.